The molecule has 0 unspecified atom stereocenters. The minimum atomic E-state index is -1.21. The summed E-state index contributed by atoms with van der Waals surface area (Å²) in [5.74, 6) is 1.59. The number of carbonyl (C=O) groups is 1. The predicted octanol–water partition coefficient (Wildman–Crippen LogP) is 5.12. The second-order valence-corrected chi connectivity index (χ2v) is 19.2. The molecule has 316 valence electrons. The van der Waals surface area contributed by atoms with Crippen molar-refractivity contribution in [1.82, 2.24) is 29.8 Å². The number of nitrogens with one attached hydrogen (secondary N) is 1. The molecule has 4 heterocycles. The van der Waals surface area contributed by atoms with Crippen LogP contribution in [0.15, 0.2) is 60.7 Å². The second kappa shape index (κ2) is 18.0. The largest absolute Gasteiger partial charge is 0.492 e. The van der Waals surface area contributed by atoms with Crippen molar-refractivity contribution in [2.75, 3.05) is 137 Å². The highest BCUT2D eigenvalue weighted by Crippen LogP contribution is 2.56. The van der Waals surface area contributed by atoms with Gasteiger partial charge in [0.25, 0.3) is 0 Å². The van der Waals surface area contributed by atoms with Gasteiger partial charge in [-0.3, -0.25) is 19.5 Å². The van der Waals surface area contributed by atoms with Crippen LogP contribution in [0.1, 0.15) is 69.4 Å². The topological polar surface area (TPSA) is 67.0 Å². The zero-order valence-electron chi connectivity index (χ0n) is 36.9. The van der Waals surface area contributed by atoms with Crippen LogP contribution in [-0.4, -0.2) is 162 Å². The van der Waals surface area contributed by atoms with Crippen LogP contribution in [-0.2, 0) is 21.0 Å². The molecule has 0 bridgehead atoms. The van der Waals surface area contributed by atoms with E-state index in [0.29, 0.717) is 19.8 Å². The third-order valence-corrected chi connectivity index (χ3v) is 13.0. The number of para-hydroxylation sites is 1. The van der Waals surface area contributed by atoms with Crippen molar-refractivity contribution in [3.63, 3.8) is 0 Å². The minimum Gasteiger partial charge on any atom is -0.492 e. The van der Waals surface area contributed by atoms with Crippen LogP contribution < -0.4 is 19.7 Å². The fourth-order valence-electron chi connectivity index (χ4n) is 9.06. The Hall–Kier alpha value is -3.51. The van der Waals surface area contributed by atoms with Gasteiger partial charge in [-0.1, -0.05) is 71.9 Å². The van der Waals surface area contributed by atoms with Crippen molar-refractivity contribution in [2.24, 2.45) is 0 Å². The fourth-order valence-corrected chi connectivity index (χ4v) is 9.06. The maximum Gasteiger partial charge on any atom is 0.247 e. The van der Waals surface area contributed by atoms with Crippen LogP contribution in [0, 0.1) is 0 Å². The maximum absolute atomic E-state index is 16.2. The Balaban J connectivity index is 1.38. The van der Waals surface area contributed by atoms with E-state index < -0.39 is 5.41 Å². The number of ether oxygens (including phenoxy) is 2. The first kappa shape index (κ1) is 42.6. The molecule has 0 radical (unpaired) electrons. The van der Waals surface area contributed by atoms with Crippen molar-refractivity contribution >= 4 is 11.6 Å². The van der Waals surface area contributed by atoms with E-state index >= 15 is 4.79 Å². The maximum atomic E-state index is 16.2. The van der Waals surface area contributed by atoms with E-state index in [-0.39, 0.29) is 16.7 Å². The summed E-state index contributed by atoms with van der Waals surface area (Å²) in [7, 11) is 4.39. The lowest BCUT2D eigenvalue weighted by Crippen LogP contribution is -2.49. The van der Waals surface area contributed by atoms with Gasteiger partial charge in [0.1, 0.15) is 30.1 Å². The van der Waals surface area contributed by atoms with Crippen molar-refractivity contribution in [3.8, 4) is 11.5 Å². The fraction of sp³-hybridized carbons (Fsp3) is 0.604. The highest BCUT2D eigenvalue weighted by Gasteiger charge is 2.56. The first-order valence-electron chi connectivity index (χ1n) is 22.0. The minimum absolute atomic E-state index is 0.0637. The number of fused-ring (bicyclic) bond motifs is 1. The number of anilines is 1. The van der Waals surface area contributed by atoms with Crippen LogP contribution in [0.5, 0.6) is 11.5 Å². The number of rotatable bonds is 13. The number of hydrogen-bond acceptors (Lipinski definition) is 9. The van der Waals surface area contributed by atoms with E-state index in [2.05, 4.69) is 151 Å². The van der Waals surface area contributed by atoms with Crippen molar-refractivity contribution in [1.29, 1.82) is 0 Å². The normalized spacial score (nSPS) is 20.4. The molecular weight excluding hydrogens is 723 g/mol. The van der Waals surface area contributed by atoms with Crippen molar-refractivity contribution < 1.29 is 14.3 Å². The van der Waals surface area contributed by atoms with E-state index in [1.54, 1.807) is 0 Å². The SMILES string of the molecule is CN1CCN(CCOc2ccc(C(C)(C)C)cc2C2(c3cc(C(C)(C)C)ccc3OCCN3CCN(C)CC3)C(=O)N(CCN3CCNCC3)c3ccccc32)CC1. The highest BCUT2D eigenvalue weighted by atomic mass is 16.5. The molecule has 4 aliphatic heterocycles. The molecule has 3 saturated heterocycles. The Morgan fingerprint density at radius 2 is 1.03 bits per heavy atom. The average Bonchev–Trinajstić information content (AvgIpc) is 3.45. The molecular formula is C48H71N7O3. The van der Waals surface area contributed by atoms with Gasteiger partial charge in [-0.05, 0) is 66.4 Å². The first-order valence-corrected chi connectivity index (χ1v) is 22.0. The Morgan fingerprint density at radius 3 is 1.52 bits per heavy atom. The molecule has 10 nitrogen and oxygen atoms in total. The number of amides is 1. The van der Waals surface area contributed by atoms with Gasteiger partial charge in [0.05, 0.1) is 0 Å². The summed E-state index contributed by atoms with van der Waals surface area (Å²) in [6.45, 7) is 30.0. The van der Waals surface area contributed by atoms with Crippen LogP contribution in [0.3, 0.4) is 0 Å². The van der Waals surface area contributed by atoms with Crippen LogP contribution in [0.2, 0.25) is 0 Å². The molecule has 7 rings (SSSR count). The van der Waals surface area contributed by atoms with E-state index in [9.17, 15) is 0 Å². The van der Waals surface area contributed by atoms with Crippen LogP contribution in [0.4, 0.5) is 5.69 Å². The lowest BCUT2D eigenvalue weighted by atomic mass is 9.67. The zero-order chi connectivity index (χ0) is 41.1. The Kier molecular flexibility index (Phi) is 13.2. The number of hydrogen-bond donors (Lipinski definition) is 1. The third kappa shape index (κ3) is 9.28. The molecule has 1 amide bonds. The van der Waals surface area contributed by atoms with Gasteiger partial charge < -0.3 is 29.5 Å². The highest BCUT2D eigenvalue weighted by molar-refractivity contribution is 6.13. The van der Waals surface area contributed by atoms with Gasteiger partial charge in [-0.2, -0.15) is 0 Å². The summed E-state index contributed by atoms with van der Waals surface area (Å²) in [5, 5.41) is 3.49. The van der Waals surface area contributed by atoms with E-state index in [0.717, 1.165) is 132 Å². The summed E-state index contributed by atoms with van der Waals surface area (Å²) in [6.07, 6.45) is 0. The van der Waals surface area contributed by atoms with Crippen molar-refractivity contribution in [3.05, 3.63) is 88.5 Å². The lowest BCUT2D eigenvalue weighted by molar-refractivity contribution is -0.120. The number of benzene rings is 3. The zero-order valence-corrected chi connectivity index (χ0v) is 36.9. The average molecular weight is 794 g/mol. The van der Waals surface area contributed by atoms with Crippen LogP contribution >= 0.6 is 0 Å². The van der Waals surface area contributed by atoms with Crippen molar-refractivity contribution in [2.45, 2.75) is 57.8 Å². The van der Waals surface area contributed by atoms with Gasteiger partial charge in [0.15, 0.2) is 0 Å². The summed E-state index contributed by atoms with van der Waals surface area (Å²) in [4.78, 5) is 30.6. The quantitative estimate of drug-likeness (QED) is 0.254. The van der Waals surface area contributed by atoms with Gasteiger partial charge >= 0.3 is 0 Å². The molecule has 4 aliphatic rings. The summed E-state index contributed by atoms with van der Waals surface area (Å²) < 4.78 is 13.9. The second-order valence-electron chi connectivity index (χ2n) is 19.2. The number of piperazine rings is 3. The molecule has 3 fully saturated rings. The van der Waals surface area contributed by atoms with Crippen LogP contribution in [0.25, 0.3) is 0 Å². The summed E-state index contributed by atoms with van der Waals surface area (Å²) in [6, 6.07) is 21.8. The Bertz CT molecular complexity index is 1760. The number of likely N-dealkylation sites (N-methyl/N-ethyl adjacent to an activating group) is 2. The predicted molar refractivity (Wildman–Crippen MR) is 237 cm³/mol. The lowest BCUT2D eigenvalue weighted by Gasteiger charge is -2.36. The number of nitrogens with zero attached hydrogens (tertiary/aromatic N) is 6. The summed E-state index contributed by atoms with van der Waals surface area (Å²) in [5.41, 5.74) is 4.56. The van der Waals surface area contributed by atoms with E-state index in [4.69, 9.17) is 9.47 Å². The molecule has 1 N–H and O–H groups in total. The van der Waals surface area contributed by atoms with Gasteiger partial charge in [-0.25, -0.2) is 0 Å². The third-order valence-electron chi connectivity index (χ3n) is 13.0. The Labute approximate surface area is 349 Å². The van der Waals surface area contributed by atoms with E-state index in [1.807, 2.05) is 0 Å². The molecule has 3 aromatic rings. The Morgan fingerprint density at radius 1 is 0.569 bits per heavy atom. The first-order chi connectivity index (χ1) is 27.7. The monoisotopic (exact) mass is 794 g/mol. The van der Waals surface area contributed by atoms with Gasteiger partial charge in [0.2, 0.25) is 5.91 Å². The molecule has 3 aromatic carbocycles. The molecule has 58 heavy (non-hydrogen) atoms. The molecule has 10 heteroatoms. The van der Waals surface area contributed by atoms with Gasteiger partial charge in [0, 0.05) is 127 Å². The standard InChI is InChI=1S/C48H71N7O3/c1-46(2,3)37-13-15-43(57-33-31-53-25-21-50(7)22-26-53)40(35-37)48(39-11-9-10-12-42(39)55(45(48)56)30-29-52-19-17-49-18-20-52)41-36-38(47(4,5)6)14-16-44(41)58-34-32-54-27-23-51(8)24-28-54/h9-16,35-36,49H,17-34H2,1-8H3. The number of carbonyl (C=O) groups excluding carboxylic acids is 1. The van der Waals surface area contributed by atoms with Gasteiger partial charge in [-0.15, -0.1) is 0 Å². The molecule has 0 aliphatic carbocycles. The summed E-state index contributed by atoms with van der Waals surface area (Å²) >= 11 is 0. The molecule has 0 aromatic heterocycles. The molecule has 0 saturated carbocycles. The molecule has 0 spiro atoms. The smallest absolute Gasteiger partial charge is 0.247 e. The van der Waals surface area contributed by atoms with E-state index in [1.165, 1.54) is 11.1 Å². The molecule has 0 atom stereocenters.